The molecule has 0 N–H and O–H groups in total. The molecule has 0 radical (unpaired) electrons. The van der Waals surface area contributed by atoms with Crippen LogP contribution in [0.4, 0.5) is 0 Å². The van der Waals surface area contributed by atoms with Gasteiger partial charge in [-0.1, -0.05) is 41.9 Å². The normalized spacial score (nSPS) is 11.8. The monoisotopic (exact) mass is 375 g/mol. The first-order valence-corrected chi connectivity index (χ1v) is 9.32. The molecule has 0 saturated heterocycles. The van der Waals surface area contributed by atoms with Gasteiger partial charge in [0, 0.05) is 36.9 Å². The Hall–Kier alpha value is -2.92. The summed E-state index contributed by atoms with van der Waals surface area (Å²) in [5.74, 6) is 1.05. The van der Waals surface area contributed by atoms with Gasteiger partial charge in [-0.15, -0.1) is 0 Å². The zero-order valence-electron chi connectivity index (χ0n) is 15.1. The van der Waals surface area contributed by atoms with Crippen LogP contribution in [0, 0.1) is 6.92 Å². The molecule has 0 unspecified atom stereocenters. The molecule has 0 spiro atoms. The van der Waals surface area contributed by atoms with E-state index in [2.05, 4.69) is 58.0 Å². The maximum atomic E-state index is 6.18. The van der Waals surface area contributed by atoms with E-state index in [4.69, 9.17) is 16.6 Å². The van der Waals surface area contributed by atoms with E-state index in [1.54, 1.807) is 6.20 Å². The number of hydrogen-bond acceptors (Lipinski definition) is 3. The van der Waals surface area contributed by atoms with Crippen molar-refractivity contribution in [3.8, 4) is 0 Å². The van der Waals surface area contributed by atoms with Crippen molar-refractivity contribution in [2.45, 2.75) is 19.8 Å². The molecule has 2 aromatic carbocycles. The smallest absolute Gasteiger partial charge is 0.175 e. The van der Waals surface area contributed by atoms with Crippen molar-refractivity contribution in [2.75, 3.05) is 0 Å². The molecule has 5 nitrogen and oxygen atoms in total. The predicted octanol–water partition coefficient (Wildman–Crippen LogP) is 4.52. The van der Waals surface area contributed by atoms with Gasteiger partial charge in [-0.3, -0.25) is 4.40 Å². The molecule has 0 amide bonds. The maximum Gasteiger partial charge on any atom is 0.175 e. The number of halogens is 1. The highest BCUT2D eigenvalue weighted by Gasteiger charge is 2.13. The number of benzene rings is 2. The lowest BCUT2D eigenvalue weighted by atomic mass is 10.1. The van der Waals surface area contributed by atoms with Crippen molar-refractivity contribution in [3.63, 3.8) is 0 Å². The third-order valence-corrected chi connectivity index (χ3v) is 5.43. The Morgan fingerprint density at radius 3 is 2.74 bits per heavy atom. The van der Waals surface area contributed by atoms with Crippen LogP contribution in [0.2, 0.25) is 5.15 Å². The Morgan fingerprint density at radius 1 is 1.04 bits per heavy atom. The van der Waals surface area contributed by atoms with E-state index >= 15 is 0 Å². The van der Waals surface area contributed by atoms with Crippen LogP contribution in [0.5, 0.6) is 0 Å². The minimum atomic E-state index is 0.432. The van der Waals surface area contributed by atoms with Crippen LogP contribution in [0.15, 0.2) is 48.8 Å². The number of rotatable bonds is 3. The number of hydrogen-bond donors (Lipinski definition) is 0. The van der Waals surface area contributed by atoms with Crippen LogP contribution in [-0.4, -0.2) is 23.9 Å². The highest BCUT2D eigenvalue weighted by Crippen LogP contribution is 2.25. The molecule has 27 heavy (non-hydrogen) atoms. The zero-order valence-corrected chi connectivity index (χ0v) is 15.9. The van der Waals surface area contributed by atoms with Gasteiger partial charge >= 0.3 is 0 Å². The first-order chi connectivity index (χ1) is 13.1. The molecule has 0 bridgehead atoms. The van der Waals surface area contributed by atoms with Crippen LogP contribution in [-0.2, 0) is 19.9 Å². The molecule has 0 atom stereocenters. The SMILES string of the molecule is Cc1cnc(Cl)c2nc(CCc3nc4c5ccccc5ccc4n3C)cn12. The highest BCUT2D eigenvalue weighted by molar-refractivity contribution is 6.32. The molecule has 0 fully saturated rings. The number of fused-ring (bicyclic) bond motifs is 4. The van der Waals surface area contributed by atoms with Gasteiger partial charge in [-0.2, -0.15) is 0 Å². The molecule has 0 aliphatic heterocycles. The summed E-state index contributed by atoms with van der Waals surface area (Å²) < 4.78 is 4.17. The summed E-state index contributed by atoms with van der Waals surface area (Å²) in [4.78, 5) is 13.8. The van der Waals surface area contributed by atoms with Crippen molar-refractivity contribution in [2.24, 2.45) is 7.05 Å². The molecular weight excluding hydrogens is 358 g/mol. The summed E-state index contributed by atoms with van der Waals surface area (Å²) in [7, 11) is 2.08. The third-order valence-electron chi connectivity index (χ3n) is 5.16. The Morgan fingerprint density at radius 2 is 1.89 bits per heavy atom. The van der Waals surface area contributed by atoms with E-state index < -0.39 is 0 Å². The van der Waals surface area contributed by atoms with Gasteiger partial charge in [0.2, 0.25) is 0 Å². The second-order valence-corrected chi connectivity index (χ2v) is 7.22. The lowest BCUT2D eigenvalue weighted by Crippen LogP contribution is -2.00. The molecule has 3 aromatic heterocycles. The molecule has 6 heteroatoms. The van der Waals surface area contributed by atoms with Crippen molar-refractivity contribution in [3.05, 3.63) is 71.2 Å². The van der Waals surface area contributed by atoms with E-state index in [1.807, 2.05) is 17.5 Å². The van der Waals surface area contributed by atoms with E-state index in [0.717, 1.165) is 41.1 Å². The maximum absolute atomic E-state index is 6.18. The summed E-state index contributed by atoms with van der Waals surface area (Å²) in [5, 5.41) is 2.84. The van der Waals surface area contributed by atoms with Crippen LogP contribution in [0.25, 0.3) is 27.5 Å². The summed E-state index contributed by atoms with van der Waals surface area (Å²) in [5.41, 5.74) is 4.93. The average molecular weight is 376 g/mol. The topological polar surface area (TPSA) is 48.0 Å². The third kappa shape index (κ3) is 2.58. The van der Waals surface area contributed by atoms with Gasteiger partial charge in [-0.25, -0.2) is 15.0 Å². The Bertz CT molecular complexity index is 1280. The predicted molar refractivity (Wildman–Crippen MR) is 108 cm³/mol. The van der Waals surface area contributed by atoms with E-state index in [1.165, 1.54) is 10.8 Å². The fourth-order valence-corrected chi connectivity index (χ4v) is 3.85. The van der Waals surface area contributed by atoms with Gasteiger partial charge < -0.3 is 4.57 Å². The second kappa shape index (κ2) is 6.06. The van der Waals surface area contributed by atoms with Crippen molar-refractivity contribution < 1.29 is 0 Å². The van der Waals surface area contributed by atoms with Crippen LogP contribution in [0.1, 0.15) is 17.2 Å². The van der Waals surface area contributed by atoms with Crippen LogP contribution in [0.3, 0.4) is 0 Å². The van der Waals surface area contributed by atoms with E-state index in [0.29, 0.717) is 10.8 Å². The molecule has 0 aliphatic rings. The second-order valence-electron chi connectivity index (χ2n) is 6.86. The molecular formula is C21H18ClN5. The fraction of sp³-hybridized carbons (Fsp3) is 0.190. The lowest BCUT2D eigenvalue weighted by molar-refractivity contribution is 0.779. The molecule has 5 rings (SSSR count). The Labute approximate surface area is 161 Å². The number of aryl methyl sites for hydroxylation is 4. The lowest BCUT2D eigenvalue weighted by Gasteiger charge is -2.01. The minimum Gasteiger partial charge on any atom is -0.331 e. The molecule has 5 aromatic rings. The molecule has 3 heterocycles. The van der Waals surface area contributed by atoms with Crippen molar-refractivity contribution in [1.82, 2.24) is 23.9 Å². The van der Waals surface area contributed by atoms with Gasteiger partial charge in [0.05, 0.1) is 16.7 Å². The Balaban J connectivity index is 1.52. The molecule has 0 saturated carbocycles. The van der Waals surface area contributed by atoms with Gasteiger partial charge in [0.25, 0.3) is 0 Å². The van der Waals surface area contributed by atoms with Gasteiger partial charge in [-0.05, 0) is 24.8 Å². The van der Waals surface area contributed by atoms with Gasteiger partial charge in [0.15, 0.2) is 10.8 Å². The summed E-state index contributed by atoms with van der Waals surface area (Å²) in [6.45, 7) is 2.00. The average Bonchev–Trinajstić information content (AvgIpc) is 3.26. The number of nitrogens with zero attached hydrogens (tertiary/aromatic N) is 5. The highest BCUT2D eigenvalue weighted by atomic mass is 35.5. The van der Waals surface area contributed by atoms with Crippen LogP contribution >= 0.6 is 11.6 Å². The van der Waals surface area contributed by atoms with Crippen LogP contribution < -0.4 is 0 Å². The van der Waals surface area contributed by atoms with E-state index in [-0.39, 0.29) is 0 Å². The number of imidazole rings is 2. The first kappa shape index (κ1) is 16.3. The van der Waals surface area contributed by atoms with Crippen molar-refractivity contribution in [1.29, 1.82) is 0 Å². The number of aromatic nitrogens is 5. The molecule has 134 valence electrons. The summed E-state index contributed by atoms with van der Waals surface area (Å²) in [6.07, 6.45) is 5.41. The van der Waals surface area contributed by atoms with Crippen molar-refractivity contribution >= 4 is 39.1 Å². The molecule has 0 aliphatic carbocycles. The fourth-order valence-electron chi connectivity index (χ4n) is 3.67. The largest absolute Gasteiger partial charge is 0.331 e. The minimum absolute atomic E-state index is 0.432. The standard InChI is InChI=1S/C21H18ClN5/c1-13-11-23-20(22)21-24-15(12-27(13)21)8-10-18-25-19-16-6-4-3-5-14(16)7-9-17(19)26(18)2/h3-7,9,11-12H,8,10H2,1-2H3. The zero-order chi connectivity index (χ0) is 18.5. The van der Waals surface area contributed by atoms with E-state index in [9.17, 15) is 0 Å². The quantitative estimate of drug-likeness (QED) is 0.466. The van der Waals surface area contributed by atoms with Gasteiger partial charge in [0.1, 0.15) is 5.82 Å². The summed E-state index contributed by atoms with van der Waals surface area (Å²) in [6, 6.07) is 12.7. The first-order valence-electron chi connectivity index (χ1n) is 8.94. The Kier molecular flexibility index (Phi) is 3.65. The summed E-state index contributed by atoms with van der Waals surface area (Å²) >= 11 is 6.18.